The molecule has 0 saturated carbocycles. The molecule has 3 heteroatoms. The molecule has 0 aromatic heterocycles. The number of rotatable bonds is 6. The normalized spacial score (nSPS) is 11.2. The van der Waals surface area contributed by atoms with E-state index in [1.165, 1.54) is 16.9 Å². The van der Waals surface area contributed by atoms with E-state index in [-0.39, 0.29) is 5.78 Å². The van der Waals surface area contributed by atoms with E-state index in [1.54, 1.807) is 6.92 Å². The summed E-state index contributed by atoms with van der Waals surface area (Å²) >= 11 is 1.52. The molecule has 0 saturated heterocycles. The van der Waals surface area contributed by atoms with Gasteiger partial charge in [-0.3, -0.25) is 0 Å². The molecule has 0 aliphatic rings. The molecular formula is C23H21AsO2. The van der Waals surface area contributed by atoms with Crippen molar-refractivity contribution < 1.29 is 9.53 Å². The van der Waals surface area contributed by atoms with Gasteiger partial charge < -0.3 is 0 Å². The number of hydrogen-bond donors (Lipinski definition) is 0. The van der Waals surface area contributed by atoms with Crippen molar-refractivity contribution in [3.05, 3.63) is 95.6 Å². The summed E-state index contributed by atoms with van der Waals surface area (Å²) in [6.07, 6.45) is 1.93. The van der Waals surface area contributed by atoms with Crippen molar-refractivity contribution in [2.75, 3.05) is 0 Å². The fourth-order valence-electron chi connectivity index (χ4n) is 2.67. The quantitative estimate of drug-likeness (QED) is 0.356. The maximum atomic E-state index is 12.1. The van der Waals surface area contributed by atoms with Crippen LogP contribution >= 0.6 is 0 Å². The molecule has 0 aliphatic heterocycles. The predicted molar refractivity (Wildman–Crippen MR) is 110 cm³/mol. The Morgan fingerprint density at radius 3 is 2.27 bits per heavy atom. The number of Topliss-reactive ketones (excluding diaryl/α,β-unsaturated/α-hetero) is 1. The zero-order valence-electron chi connectivity index (χ0n) is 14.7. The van der Waals surface area contributed by atoms with Crippen LogP contribution in [0.5, 0.6) is 5.75 Å². The van der Waals surface area contributed by atoms with Gasteiger partial charge in [-0.05, 0) is 0 Å². The monoisotopic (exact) mass is 404 g/mol. The van der Waals surface area contributed by atoms with E-state index in [0.717, 1.165) is 26.8 Å². The minimum atomic E-state index is 0.0488. The van der Waals surface area contributed by atoms with Crippen LogP contribution in [0.4, 0.5) is 0 Å². The second-order valence-corrected chi connectivity index (χ2v) is 7.36. The Morgan fingerprint density at radius 1 is 0.962 bits per heavy atom. The molecule has 3 aromatic carbocycles. The summed E-state index contributed by atoms with van der Waals surface area (Å²) < 4.78 is 7.15. The second-order valence-electron chi connectivity index (χ2n) is 6.05. The van der Waals surface area contributed by atoms with Crippen molar-refractivity contribution in [1.29, 1.82) is 0 Å². The van der Waals surface area contributed by atoms with Gasteiger partial charge in [0, 0.05) is 0 Å². The van der Waals surface area contributed by atoms with E-state index in [9.17, 15) is 4.79 Å². The van der Waals surface area contributed by atoms with Crippen molar-refractivity contribution in [2.45, 2.75) is 13.5 Å². The van der Waals surface area contributed by atoms with Gasteiger partial charge in [0.15, 0.2) is 0 Å². The number of ketones is 1. The van der Waals surface area contributed by atoms with Gasteiger partial charge in [0.1, 0.15) is 0 Å². The summed E-state index contributed by atoms with van der Waals surface area (Å²) in [6, 6.07) is 25.9. The van der Waals surface area contributed by atoms with Crippen LogP contribution in [0.1, 0.15) is 23.6 Å². The zero-order chi connectivity index (χ0) is 18.4. The van der Waals surface area contributed by atoms with Crippen molar-refractivity contribution >= 4 is 38.6 Å². The summed E-state index contributed by atoms with van der Waals surface area (Å²) in [5.74, 6) is 0.909. The predicted octanol–water partition coefficient (Wildman–Crippen LogP) is 3.65. The Balaban J connectivity index is 1.87. The first-order chi connectivity index (χ1) is 12.6. The molecule has 0 fully saturated rings. The van der Waals surface area contributed by atoms with Gasteiger partial charge in [0.25, 0.3) is 0 Å². The third kappa shape index (κ3) is 4.74. The van der Waals surface area contributed by atoms with Crippen LogP contribution in [-0.2, 0) is 11.4 Å². The summed E-state index contributed by atoms with van der Waals surface area (Å²) in [7, 11) is 0. The molecule has 1 unspecified atom stereocenters. The van der Waals surface area contributed by atoms with Crippen LogP contribution in [0, 0.1) is 0 Å². The topological polar surface area (TPSA) is 26.3 Å². The van der Waals surface area contributed by atoms with Crippen LogP contribution in [-0.4, -0.2) is 22.6 Å². The number of carbonyl (C=O) groups is 1. The minimum absolute atomic E-state index is 0.0488. The molecule has 26 heavy (non-hydrogen) atoms. The molecule has 2 nitrogen and oxygen atoms in total. The average molecular weight is 404 g/mol. The molecule has 0 amide bonds. The van der Waals surface area contributed by atoms with Crippen molar-refractivity contribution in [3.63, 3.8) is 0 Å². The molecule has 1 atom stereocenters. The van der Waals surface area contributed by atoms with E-state index in [2.05, 4.69) is 6.07 Å². The van der Waals surface area contributed by atoms with E-state index in [0.29, 0.717) is 12.2 Å². The van der Waals surface area contributed by atoms with Gasteiger partial charge in [-0.25, -0.2) is 0 Å². The maximum absolute atomic E-state index is 12.1. The molecule has 3 aromatic rings. The van der Waals surface area contributed by atoms with E-state index in [4.69, 9.17) is 4.74 Å². The van der Waals surface area contributed by atoms with Gasteiger partial charge >= 0.3 is 163 Å². The molecular weight excluding hydrogens is 383 g/mol. The number of benzene rings is 3. The molecule has 130 valence electrons. The first-order valence-corrected chi connectivity index (χ1v) is 9.69. The van der Waals surface area contributed by atoms with Crippen LogP contribution in [0.2, 0.25) is 0 Å². The van der Waals surface area contributed by atoms with Crippen LogP contribution in [0.15, 0.2) is 78.9 Å². The first kappa shape index (κ1) is 18.2. The van der Waals surface area contributed by atoms with E-state index >= 15 is 0 Å². The van der Waals surface area contributed by atoms with Crippen molar-refractivity contribution in [2.24, 2.45) is 0 Å². The number of allylic oxidation sites excluding steroid dienone is 1. The van der Waals surface area contributed by atoms with Crippen molar-refractivity contribution in [1.82, 2.24) is 0 Å². The zero-order valence-corrected chi connectivity index (χ0v) is 17.1. The Kier molecular flexibility index (Phi) is 6.09. The molecule has 0 aliphatic carbocycles. The standard InChI is InChI=1S/C23H21AsO2/c1-17(25)21(20-10-6-3-7-11-20)14-19-12-13-22(24)23(15-19)26-16-18-8-4-2-5-9-18/h2-15H,16,24H2,1H3. The van der Waals surface area contributed by atoms with Crippen LogP contribution in [0.3, 0.4) is 0 Å². The molecule has 0 radical (unpaired) electrons. The van der Waals surface area contributed by atoms with Crippen LogP contribution in [0.25, 0.3) is 11.6 Å². The molecule has 0 spiro atoms. The number of carbonyl (C=O) groups excluding carboxylic acids is 1. The molecule has 0 bridgehead atoms. The van der Waals surface area contributed by atoms with Gasteiger partial charge in [-0.2, -0.15) is 0 Å². The molecule has 0 heterocycles. The Bertz CT molecular complexity index is 915. The Morgan fingerprint density at radius 2 is 1.62 bits per heavy atom. The fourth-order valence-corrected chi connectivity index (χ4v) is 3.23. The van der Waals surface area contributed by atoms with Gasteiger partial charge in [-0.15, -0.1) is 0 Å². The third-order valence-electron chi connectivity index (χ3n) is 4.05. The summed E-state index contributed by atoms with van der Waals surface area (Å²) in [6.45, 7) is 2.13. The van der Waals surface area contributed by atoms with Gasteiger partial charge in [0.05, 0.1) is 0 Å². The summed E-state index contributed by atoms with van der Waals surface area (Å²) in [5, 5.41) is 0. The summed E-state index contributed by atoms with van der Waals surface area (Å²) in [4.78, 5) is 12.1. The molecule has 0 N–H and O–H groups in total. The van der Waals surface area contributed by atoms with Crippen LogP contribution < -0.4 is 9.09 Å². The fraction of sp³-hybridized carbons (Fsp3) is 0.0870. The van der Waals surface area contributed by atoms with E-state index < -0.39 is 0 Å². The number of ether oxygens (including phenoxy) is 1. The third-order valence-corrected chi connectivity index (χ3v) is 5.05. The Labute approximate surface area is 163 Å². The number of hydrogen-bond acceptors (Lipinski definition) is 2. The first-order valence-electron chi connectivity index (χ1n) is 8.48. The second kappa shape index (κ2) is 8.69. The summed E-state index contributed by atoms with van der Waals surface area (Å²) in [5.41, 5.74) is 3.73. The SMILES string of the molecule is CC(=O)C(=Cc1ccc([AsH2])c(OCc2ccccc2)c1)c1ccccc1. The van der Waals surface area contributed by atoms with Gasteiger partial charge in [0.2, 0.25) is 0 Å². The average Bonchev–Trinajstić information content (AvgIpc) is 2.67. The van der Waals surface area contributed by atoms with Gasteiger partial charge in [-0.1, -0.05) is 0 Å². The van der Waals surface area contributed by atoms with E-state index in [1.807, 2.05) is 78.9 Å². The molecule has 3 rings (SSSR count). The Hall–Kier alpha value is -2.57. The van der Waals surface area contributed by atoms with Crippen molar-refractivity contribution in [3.8, 4) is 5.75 Å².